The van der Waals surface area contributed by atoms with Gasteiger partial charge in [0.1, 0.15) is 5.75 Å². The van der Waals surface area contributed by atoms with Gasteiger partial charge in [-0.1, -0.05) is 19.9 Å². The number of carbonyl (C=O) groups excluding carboxylic acids is 1. The van der Waals surface area contributed by atoms with E-state index < -0.39 is 6.04 Å². The van der Waals surface area contributed by atoms with Gasteiger partial charge in [-0.05, 0) is 59.8 Å². The Bertz CT molecular complexity index is 1110. The number of hydrogen-bond acceptors (Lipinski definition) is 7. The zero-order valence-electron chi connectivity index (χ0n) is 19.2. The molecule has 1 amide bonds. The summed E-state index contributed by atoms with van der Waals surface area (Å²) in [6.45, 7) is 5.79. The molecule has 2 aromatic carbocycles. The lowest BCUT2D eigenvalue weighted by Crippen LogP contribution is -2.39. The summed E-state index contributed by atoms with van der Waals surface area (Å²) in [5.41, 5.74) is 11.1. The smallest absolute Gasteiger partial charge is 0.241 e. The van der Waals surface area contributed by atoms with E-state index in [1.165, 1.54) is 11.5 Å². The largest absolute Gasteiger partial charge is 0.495 e. The van der Waals surface area contributed by atoms with E-state index in [-0.39, 0.29) is 11.8 Å². The van der Waals surface area contributed by atoms with Crippen LogP contribution in [0.1, 0.15) is 19.4 Å². The molecule has 0 aliphatic rings. The van der Waals surface area contributed by atoms with Crippen molar-refractivity contribution in [1.82, 2.24) is 4.37 Å². The van der Waals surface area contributed by atoms with Gasteiger partial charge in [-0.25, -0.2) is 0 Å². The van der Waals surface area contributed by atoms with Crippen molar-refractivity contribution >= 4 is 23.1 Å². The monoisotopic (exact) mass is 455 g/mol. The van der Waals surface area contributed by atoms with E-state index in [9.17, 15) is 4.79 Å². The first-order valence-electron chi connectivity index (χ1n) is 10.2. The predicted molar refractivity (Wildman–Crippen MR) is 129 cm³/mol. The Kier molecular flexibility index (Phi) is 7.37. The van der Waals surface area contributed by atoms with Crippen molar-refractivity contribution < 1.29 is 19.0 Å². The zero-order valence-corrected chi connectivity index (χ0v) is 20.0. The molecule has 1 aromatic heterocycles. The summed E-state index contributed by atoms with van der Waals surface area (Å²) in [6.07, 6.45) is 0. The fraction of sp³-hybridized carbons (Fsp3) is 0.333. The Morgan fingerprint density at radius 2 is 1.75 bits per heavy atom. The minimum absolute atomic E-state index is 0.0187. The van der Waals surface area contributed by atoms with E-state index in [4.69, 9.17) is 19.9 Å². The number of ether oxygens (including phenoxy) is 3. The number of carbonyl (C=O) groups is 1. The van der Waals surface area contributed by atoms with Crippen LogP contribution in [0.3, 0.4) is 0 Å². The van der Waals surface area contributed by atoms with Gasteiger partial charge in [0.25, 0.3) is 0 Å². The molecule has 0 saturated heterocycles. The van der Waals surface area contributed by atoms with E-state index in [2.05, 4.69) is 9.69 Å². The van der Waals surface area contributed by atoms with Crippen molar-refractivity contribution in [2.45, 2.75) is 26.8 Å². The van der Waals surface area contributed by atoms with Gasteiger partial charge in [-0.3, -0.25) is 4.79 Å². The third-order valence-corrected chi connectivity index (χ3v) is 5.93. The molecule has 1 atom stereocenters. The third-order valence-electron chi connectivity index (χ3n) is 5.30. The molecular formula is C24H29N3O4S. The van der Waals surface area contributed by atoms with Crippen LogP contribution in [0.4, 0.5) is 5.69 Å². The number of nitrogens with two attached hydrogens (primary N) is 1. The number of methoxy groups -OCH3 is 3. The van der Waals surface area contributed by atoms with Crippen LogP contribution in [0.15, 0.2) is 35.7 Å². The minimum atomic E-state index is -0.614. The summed E-state index contributed by atoms with van der Waals surface area (Å²) in [4.78, 5) is 12.5. The molecule has 3 rings (SSSR count). The molecule has 1 heterocycles. The van der Waals surface area contributed by atoms with Gasteiger partial charge >= 0.3 is 0 Å². The summed E-state index contributed by atoms with van der Waals surface area (Å²) in [5.74, 6) is 1.67. The highest BCUT2D eigenvalue weighted by Crippen LogP contribution is 2.41. The number of benzene rings is 2. The zero-order chi connectivity index (χ0) is 23.4. The highest BCUT2D eigenvalue weighted by atomic mass is 32.1. The molecule has 0 radical (unpaired) electrons. The summed E-state index contributed by atoms with van der Waals surface area (Å²) < 4.78 is 21.0. The first-order chi connectivity index (χ1) is 15.3. The fourth-order valence-corrected chi connectivity index (χ4v) is 4.15. The fourth-order valence-electron chi connectivity index (χ4n) is 3.43. The molecule has 0 saturated carbocycles. The molecule has 3 N–H and O–H groups in total. The van der Waals surface area contributed by atoms with Crippen molar-refractivity contribution in [3.05, 3.63) is 41.3 Å². The van der Waals surface area contributed by atoms with Crippen molar-refractivity contribution in [3.8, 4) is 39.6 Å². The lowest BCUT2D eigenvalue weighted by molar-refractivity contribution is -0.118. The molecule has 32 heavy (non-hydrogen) atoms. The molecule has 0 aliphatic carbocycles. The number of aryl methyl sites for hydroxylation is 1. The van der Waals surface area contributed by atoms with Crippen molar-refractivity contribution in [3.63, 3.8) is 0 Å². The standard InChI is InChI=1S/C24H29N3O4S/c1-13(2)21(25)24(28)26-18-10-15(7-8-19(18)29-4)17-12-32-27-22(17)16-9-14(3)23(31-6)20(11-16)30-5/h7-13,21H,25H2,1-6H3,(H,26,28)/t21-/m1/s1. The topological polar surface area (TPSA) is 95.7 Å². The molecule has 0 bridgehead atoms. The number of amides is 1. The average Bonchev–Trinajstić information content (AvgIpc) is 3.27. The SMILES string of the molecule is COc1ccc(-c2csnc2-c2cc(C)c(OC)c(OC)c2)cc1NC(=O)[C@H](N)C(C)C. The van der Waals surface area contributed by atoms with Crippen LogP contribution in [0.2, 0.25) is 0 Å². The van der Waals surface area contributed by atoms with Crippen LogP contribution in [-0.4, -0.2) is 37.7 Å². The number of aromatic nitrogens is 1. The molecule has 0 fully saturated rings. The second-order valence-electron chi connectivity index (χ2n) is 7.78. The normalized spacial score (nSPS) is 11.9. The number of hydrogen-bond donors (Lipinski definition) is 2. The van der Waals surface area contributed by atoms with Gasteiger partial charge in [-0.15, -0.1) is 0 Å². The predicted octanol–water partition coefficient (Wildman–Crippen LogP) is 4.73. The van der Waals surface area contributed by atoms with E-state index in [0.29, 0.717) is 22.9 Å². The number of rotatable bonds is 8. The summed E-state index contributed by atoms with van der Waals surface area (Å²) >= 11 is 1.36. The molecular weight excluding hydrogens is 426 g/mol. The number of nitrogens with zero attached hydrogens (tertiary/aromatic N) is 1. The second-order valence-corrected chi connectivity index (χ2v) is 8.41. The quantitative estimate of drug-likeness (QED) is 0.510. The van der Waals surface area contributed by atoms with E-state index >= 15 is 0 Å². The highest BCUT2D eigenvalue weighted by Gasteiger charge is 2.20. The van der Waals surface area contributed by atoms with Crippen LogP contribution >= 0.6 is 11.5 Å². The Balaban J connectivity index is 2.04. The maximum Gasteiger partial charge on any atom is 0.241 e. The minimum Gasteiger partial charge on any atom is -0.495 e. The first-order valence-corrected chi connectivity index (χ1v) is 11.1. The summed E-state index contributed by atoms with van der Waals surface area (Å²) in [6, 6.07) is 8.97. The lowest BCUT2D eigenvalue weighted by atomic mass is 9.99. The van der Waals surface area contributed by atoms with Gasteiger partial charge < -0.3 is 25.3 Å². The van der Waals surface area contributed by atoms with E-state index in [1.807, 2.05) is 56.5 Å². The second kappa shape index (κ2) is 10.0. The Morgan fingerprint density at radius 1 is 1.03 bits per heavy atom. The molecule has 8 heteroatoms. The molecule has 0 unspecified atom stereocenters. The maximum absolute atomic E-state index is 12.5. The van der Waals surface area contributed by atoms with E-state index in [0.717, 1.165) is 27.9 Å². The number of nitrogens with one attached hydrogen (secondary N) is 1. The molecule has 7 nitrogen and oxygen atoms in total. The highest BCUT2D eigenvalue weighted by molar-refractivity contribution is 7.04. The Labute approximate surface area is 192 Å². The van der Waals surface area contributed by atoms with E-state index in [1.54, 1.807) is 21.3 Å². The van der Waals surface area contributed by atoms with Crippen LogP contribution in [0, 0.1) is 12.8 Å². The Hall–Kier alpha value is -3.10. The molecule has 3 aromatic rings. The van der Waals surface area contributed by atoms with Gasteiger partial charge in [-0.2, -0.15) is 4.37 Å². The third kappa shape index (κ3) is 4.71. The Morgan fingerprint density at radius 3 is 2.38 bits per heavy atom. The summed E-state index contributed by atoms with van der Waals surface area (Å²) in [7, 11) is 4.80. The average molecular weight is 456 g/mol. The van der Waals surface area contributed by atoms with Crippen LogP contribution in [0.25, 0.3) is 22.4 Å². The summed E-state index contributed by atoms with van der Waals surface area (Å²) in [5, 5.41) is 4.88. The van der Waals surface area contributed by atoms with Crippen molar-refractivity contribution in [2.24, 2.45) is 11.7 Å². The van der Waals surface area contributed by atoms with Gasteiger partial charge in [0.2, 0.25) is 5.91 Å². The molecule has 170 valence electrons. The lowest BCUT2D eigenvalue weighted by Gasteiger charge is -2.17. The van der Waals surface area contributed by atoms with Gasteiger partial charge in [0.15, 0.2) is 11.5 Å². The molecule has 0 spiro atoms. The van der Waals surface area contributed by atoms with Gasteiger partial charge in [0.05, 0.1) is 38.8 Å². The molecule has 0 aliphatic heterocycles. The van der Waals surface area contributed by atoms with Crippen molar-refractivity contribution in [2.75, 3.05) is 26.6 Å². The number of anilines is 1. The maximum atomic E-state index is 12.5. The van der Waals surface area contributed by atoms with Crippen LogP contribution in [0.5, 0.6) is 17.2 Å². The van der Waals surface area contributed by atoms with Crippen LogP contribution < -0.4 is 25.3 Å². The van der Waals surface area contributed by atoms with Gasteiger partial charge in [0, 0.05) is 16.5 Å². The van der Waals surface area contributed by atoms with Crippen LogP contribution in [-0.2, 0) is 4.79 Å². The van der Waals surface area contributed by atoms with Crippen molar-refractivity contribution in [1.29, 1.82) is 0 Å². The first kappa shape index (κ1) is 23.6.